The molecule has 1 aromatic rings. The largest absolute Gasteiger partial charge is 0.399 e. The maximum Gasteiger partial charge on any atom is 0.251 e. The minimum absolute atomic E-state index is 0.0638. The van der Waals surface area contributed by atoms with Crippen molar-refractivity contribution in [2.75, 3.05) is 45.1 Å². The lowest BCUT2D eigenvalue weighted by atomic mass is 10.1. The van der Waals surface area contributed by atoms with E-state index in [-0.39, 0.29) is 5.91 Å². The zero-order valence-corrected chi connectivity index (χ0v) is 12.0. The highest BCUT2D eigenvalue weighted by Gasteiger charge is 2.14. The summed E-state index contributed by atoms with van der Waals surface area (Å²) in [6.07, 6.45) is 0. The Morgan fingerprint density at radius 2 is 2.20 bits per heavy atom. The van der Waals surface area contributed by atoms with Crippen molar-refractivity contribution in [1.82, 2.24) is 10.2 Å². The first-order chi connectivity index (χ1) is 9.65. The lowest BCUT2D eigenvalue weighted by Gasteiger charge is -2.29. The molecule has 5 nitrogen and oxygen atoms in total. The molecule has 1 unspecified atom stereocenters. The third-order valence-corrected chi connectivity index (χ3v) is 3.43. The van der Waals surface area contributed by atoms with Gasteiger partial charge in [0.15, 0.2) is 0 Å². The third-order valence-electron chi connectivity index (χ3n) is 3.43. The molecule has 0 saturated carbocycles. The molecular formula is C15H23N3O2. The lowest BCUT2D eigenvalue weighted by molar-refractivity contribution is 0.0317. The average Bonchev–Trinajstić information content (AvgIpc) is 2.46. The van der Waals surface area contributed by atoms with Gasteiger partial charge in [-0.3, -0.25) is 9.69 Å². The molecule has 3 N–H and O–H groups in total. The van der Waals surface area contributed by atoms with Crippen molar-refractivity contribution in [3.8, 4) is 0 Å². The Balaban J connectivity index is 1.75. The summed E-state index contributed by atoms with van der Waals surface area (Å²) in [6, 6.07) is 7.04. The Bertz CT molecular complexity index is 444. The molecule has 1 aliphatic heterocycles. The van der Waals surface area contributed by atoms with Crippen LogP contribution in [-0.2, 0) is 4.74 Å². The second-order valence-electron chi connectivity index (χ2n) is 5.35. The first-order valence-electron chi connectivity index (χ1n) is 7.09. The molecule has 1 aliphatic rings. The molecule has 1 atom stereocenters. The molecule has 20 heavy (non-hydrogen) atoms. The van der Waals surface area contributed by atoms with E-state index < -0.39 is 0 Å². The van der Waals surface area contributed by atoms with Gasteiger partial charge in [-0.1, -0.05) is 13.0 Å². The van der Waals surface area contributed by atoms with Crippen molar-refractivity contribution < 1.29 is 9.53 Å². The molecule has 0 bridgehead atoms. The molecule has 2 rings (SSSR count). The summed E-state index contributed by atoms with van der Waals surface area (Å²) in [4.78, 5) is 14.4. The van der Waals surface area contributed by atoms with E-state index in [1.54, 1.807) is 24.3 Å². The van der Waals surface area contributed by atoms with E-state index in [0.29, 0.717) is 23.7 Å². The van der Waals surface area contributed by atoms with Crippen LogP contribution < -0.4 is 11.1 Å². The summed E-state index contributed by atoms with van der Waals surface area (Å²) in [7, 11) is 0. The number of nitrogens with one attached hydrogen (secondary N) is 1. The maximum absolute atomic E-state index is 12.0. The second kappa shape index (κ2) is 7.26. The Hall–Kier alpha value is -1.59. The van der Waals surface area contributed by atoms with E-state index in [1.807, 2.05) is 0 Å². The van der Waals surface area contributed by atoms with E-state index in [4.69, 9.17) is 10.5 Å². The standard InChI is InChI=1S/C15H23N3O2/c1-12(11-18-5-7-20-8-6-18)10-17-15(19)13-3-2-4-14(16)9-13/h2-4,9,12H,5-8,10-11,16H2,1H3,(H,17,19). The Kier molecular flexibility index (Phi) is 5.38. The number of morpholine rings is 1. The fourth-order valence-corrected chi connectivity index (χ4v) is 2.34. The second-order valence-corrected chi connectivity index (χ2v) is 5.35. The summed E-state index contributed by atoms with van der Waals surface area (Å²) in [5.74, 6) is 0.351. The zero-order valence-electron chi connectivity index (χ0n) is 12.0. The van der Waals surface area contributed by atoms with E-state index in [9.17, 15) is 4.79 Å². The number of hydrogen-bond acceptors (Lipinski definition) is 4. The lowest BCUT2D eigenvalue weighted by Crippen LogP contribution is -2.41. The first-order valence-corrected chi connectivity index (χ1v) is 7.09. The quantitative estimate of drug-likeness (QED) is 0.787. The Labute approximate surface area is 120 Å². The molecule has 1 fully saturated rings. The topological polar surface area (TPSA) is 67.6 Å². The van der Waals surface area contributed by atoms with Crippen molar-refractivity contribution >= 4 is 11.6 Å². The molecule has 1 amide bonds. The maximum atomic E-state index is 12.0. The molecule has 1 saturated heterocycles. The van der Waals surface area contributed by atoms with Gasteiger partial charge in [0.05, 0.1) is 13.2 Å². The van der Waals surface area contributed by atoms with Crippen molar-refractivity contribution in [3.63, 3.8) is 0 Å². The summed E-state index contributed by atoms with van der Waals surface area (Å²) < 4.78 is 5.33. The zero-order chi connectivity index (χ0) is 14.4. The fraction of sp³-hybridized carbons (Fsp3) is 0.533. The highest BCUT2D eigenvalue weighted by atomic mass is 16.5. The van der Waals surface area contributed by atoms with Gasteiger partial charge in [0, 0.05) is 37.4 Å². The van der Waals surface area contributed by atoms with Crippen LogP contribution in [0.4, 0.5) is 5.69 Å². The number of rotatable bonds is 5. The number of benzene rings is 1. The number of carbonyl (C=O) groups excluding carboxylic acids is 1. The predicted molar refractivity (Wildman–Crippen MR) is 79.6 cm³/mol. The van der Waals surface area contributed by atoms with Crippen LogP contribution in [0.25, 0.3) is 0 Å². The van der Waals surface area contributed by atoms with E-state index in [1.165, 1.54) is 0 Å². The number of carbonyl (C=O) groups is 1. The van der Waals surface area contributed by atoms with Crippen molar-refractivity contribution in [3.05, 3.63) is 29.8 Å². The minimum atomic E-state index is -0.0638. The van der Waals surface area contributed by atoms with Crippen LogP contribution in [0.5, 0.6) is 0 Å². The highest BCUT2D eigenvalue weighted by Crippen LogP contribution is 2.07. The normalized spacial score (nSPS) is 17.6. The van der Waals surface area contributed by atoms with Gasteiger partial charge in [-0.05, 0) is 24.1 Å². The van der Waals surface area contributed by atoms with Crippen LogP contribution in [0.15, 0.2) is 24.3 Å². The average molecular weight is 277 g/mol. The predicted octanol–water partition coefficient (Wildman–Crippen LogP) is 0.967. The summed E-state index contributed by atoms with van der Waals surface area (Å²) in [5, 5.41) is 2.96. The molecular weight excluding hydrogens is 254 g/mol. The molecule has 1 heterocycles. The van der Waals surface area contributed by atoms with Crippen LogP contribution in [0.3, 0.4) is 0 Å². The monoisotopic (exact) mass is 277 g/mol. The number of nitrogens with zero attached hydrogens (tertiary/aromatic N) is 1. The van der Waals surface area contributed by atoms with Crippen LogP contribution >= 0.6 is 0 Å². The van der Waals surface area contributed by atoms with Crippen molar-refractivity contribution in [2.45, 2.75) is 6.92 Å². The van der Waals surface area contributed by atoms with Gasteiger partial charge in [-0.15, -0.1) is 0 Å². The van der Waals surface area contributed by atoms with Crippen LogP contribution in [-0.4, -0.2) is 50.2 Å². The van der Waals surface area contributed by atoms with Crippen LogP contribution in [0, 0.1) is 5.92 Å². The molecule has 0 aliphatic carbocycles. The number of amides is 1. The minimum Gasteiger partial charge on any atom is -0.399 e. The van der Waals surface area contributed by atoms with Gasteiger partial charge in [0.25, 0.3) is 5.91 Å². The van der Waals surface area contributed by atoms with Gasteiger partial charge < -0.3 is 15.8 Å². The van der Waals surface area contributed by atoms with Gasteiger partial charge >= 0.3 is 0 Å². The smallest absolute Gasteiger partial charge is 0.251 e. The summed E-state index contributed by atoms with van der Waals surface area (Å²) in [5.41, 5.74) is 6.90. The Morgan fingerprint density at radius 1 is 1.45 bits per heavy atom. The first kappa shape index (κ1) is 14.8. The SMILES string of the molecule is CC(CNC(=O)c1cccc(N)c1)CN1CCOCC1. The van der Waals surface area contributed by atoms with E-state index in [2.05, 4.69) is 17.1 Å². The highest BCUT2D eigenvalue weighted by molar-refractivity contribution is 5.94. The molecule has 5 heteroatoms. The molecule has 0 aromatic heterocycles. The van der Waals surface area contributed by atoms with Crippen molar-refractivity contribution in [2.24, 2.45) is 5.92 Å². The number of ether oxygens (including phenoxy) is 1. The molecule has 0 radical (unpaired) electrons. The van der Waals surface area contributed by atoms with E-state index in [0.717, 1.165) is 32.8 Å². The van der Waals surface area contributed by atoms with Gasteiger partial charge in [0.1, 0.15) is 0 Å². The van der Waals surface area contributed by atoms with E-state index >= 15 is 0 Å². The summed E-state index contributed by atoms with van der Waals surface area (Å²) in [6.45, 7) is 7.38. The van der Waals surface area contributed by atoms with Gasteiger partial charge in [0.2, 0.25) is 0 Å². The number of nitrogen functional groups attached to an aromatic ring is 1. The number of hydrogen-bond donors (Lipinski definition) is 2. The fourth-order valence-electron chi connectivity index (χ4n) is 2.34. The van der Waals surface area contributed by atoms with Crippen LogP contribution in [0.1, 0.15) is 17.3 Å². The Morgan fingerprint density at radius 3 is 2.90 bits per heavy atom. The third kappa shape index (κ3) is 4.51. The van der Waals surface area contributed by atoms with Gasteiger partial charge in [-0.25, -0.2) is 0 Å². The van der Waals surface area contributed by atoms with Gasteiger partial charge in [-0.2, -0.15) is 0 Å². The molecule has 0 spiro atoms. The number of nitrogens with two attached hydrogens (primary N) is 1. The van der Waals surface area contributed by atoms with Crippen LogP contribution in [0.2, 0.25) is 0 Å². The number of anilines is 1. The molecule has 110 valence electrons. The van der Waals surface area contributed by atoms with Crippen molar-refractivity contribution in [1.29, 1.82) is 0 Å². The summed E-state index contributed by atoms with van der Waals surface area (Å²) >= 11 is 0. The molecule has 1 aromatic carbocycles.